The Hall–Kier alpha value is -3.35. The van der Waals surface area contributed by atoms with E-state index in [0.29, 0.717) is 0 Å². The van der Waals surface area contributed by atoms with Gasteiger partial charge in [0.05, 0.1) is 30.8 Å². The molecule has 0 fully saturated rings. The van der Waals surface area contributed by atoms with Crippen molar-refractivity contribution in [2.75, 3.05) is 20.3 Å². The fourth-order valence-electron chi connectivity index (χ4n) is 2.13. The molecular formula is C18H23N3O7. The molecule has 1 atom stereocenters. The molecule has 0 spiro atoms. The number of rotatable bonds is 9. The molecule has 152 valence electrons. The summed E-state index contributed by atoms with van der Waals surface area (Å²) in [5.41, 5.74) is -2.07. The number of hydrogen-bond acceptors (Lipinski definition) is 8. The van der Waals surface area contributed by atoms with Gasteiger partial charge in [0, 0.05) is 6.07 Å². The van der Waals surface area contributed by atoms with Crippen LogP contribution in [-0.4, -0.2) is 42.7 Å². The number of benzene rings is 1. The van der Waals surface area contributed by atoms with Crippen molar-refractivity contribution >= 4 is 17.6 Å². The van der Waals surface area contributed by atoms with Gasteiger partial charge >= 0.3 is 5.97 Å². The summed E-state index contributed by atoms with van der Waals surface area (Å²) < 4.78 is 15.2. The van der Waals surface area contributed by atoms with Gasteiger partial charge < -0.3 is 19.5 Å². The molecule has 1 N–H and O–H groups in total. The van der Waals surface area contributed by atoms with Crippen molar-refractivity contribution in [3.05, 3.63) is 27.8 Å². The van der Waals surface area contributed by atoms with Crippen LogP contribution in [0.25, 0.3) is 0 Å². The third-order valence-electron chi connectivity index (χ3n) is 4.12. The number of carbonyl (C=O) groups excluding carboxylic acids is 2. The highest BCUT2D eigenvalue weighted by atomic mass is 16.6. The molecule has 10 nitrogen and oxygen atoms in total. The molecule has 0 unspecified atom stereocenters. The van der Waals surface area contributed by atoms with Gasteiger partial charge in [0.1, 0.15) is 11.1 Å². The molecule has 1 aromatic rings. The maximum atomic E-state index is 12.3. The summed E-state index contributed by atoms with van der Waals surface area (Å²) in [5.74, 6) is -1.75. The summed E-state index contributed by atoms with van der Waals surface area (Å²) in [4.78, 5) is 34.9. The minimum absolute atomic E-state index is 0.104. The quantitative estimate of drug-likeness (QED) is 0.382. The molecule has 28 heavy (non-hydrogen) atoms. The smallest absolute Gasteiger partial charge is 0.345 e. The minimum atomic E-state index is -1.14. The van der Waals surface area contributed by atoms with E-state index in [2.05, 4.69) is 5.32 Å². The first kappa shape index (κ1) is 22.7. The van der Waals surface area contributed by atoms with E-state index in [9.17, 15) is 25.0 Å². The van der Waals surface area contributed by atoms with Gasteiger partial charge in [-0.25, -0.2) is 4.79 Å². The van der Waals surface area contributed by atoms with Crippen LogP contribution in [0.15, 0.2) is 12.1 Å². The molecule has 0 aliphatic rings. The van der Waals surface area contributed by atoms with E-state index in [1.165, 1.54) is 7.11 Å². The van der Waals surface area contributed by atoms with Crippen molar-refractivity contribution in [3.8, 4) is 17.6 Å². The van der Waals surface area contributed by atoms with E-state index in [1.807, 2.05) is 6.07 Å². The molecule has 1 aromatic carbocycles. The van der Waals surface area contributed by atoms with E-state index in [1.54, 1.807) is 27.7 Å². The first-order valence-corrected chi connectivity index (χ1v) is 8.48. The van der Waals surface area contributed by atoms with Crippen molar-refractivity contribution < 1.29 is 28.7 Å². The molecule has 10 heteroatoms. The van der Waals surface area contributed by atoms with Gasteiger partial charge in [0.2, 0.25) is 0 Å². The molecule has 0 saturated heterocycles. The van der Waals surface area contributed by atoms with Gasteiger partial charge in [0.25, 0.3) is 11.6 Å². The van der Waals surface area contributed by atoms with Crippen LogP contribution in [0.1, 0.15) is 38.1 Å². The lowest BCUT2D eigenvalue weighted by molar-refractivity contribution is -0.385. The summed E-state index contributed by atoms with van der Waals surface area (Å²) in [6.07, 6.45) is 0. The highest BCUT2D eigenvalue weighted by Gasteiger charge is 2.31. The van der Waals surface area contributed by atoms with Gasteiger partial charge in [-0.05, 0) is 19.8 Å². The van der Waals surface area contributed by atoms with Gasteiger partial charge in [0.15, 0.2) is 18.1 Å². The maximum absolute atomic E-state index is 12.3. The molecular weight excluding hydrogens is 370 g/mol. The Morgan fingerprint density at radius 1 is 1.36 bits per heavy atom. The fourth-order valence-corrected chi connectivity index (χ4v) is 2.13. The highest BCUT2D eigenvalue weighted by Crippen LogP contribution is 2.35. The Labute approximate surface area is 162 Å². The van der Waals surface area contributed by atoms with Crippen LogP contribution >= 0.6 is 0 Å². The lowest BCUT2D eigenvalue weighted by atomic mass is 9.90. The molecule has 0 aliphatic carbocycles. The number of methoxy groups -OCH3 is 1. The van der Waals surface area contributed by atoms with Crippen LogP contribution in [0, 0.1) is 27.4 Å². The molecule has 0 aromatic heterocycles. The first-order valence-electron chi connectivity index (χ1n) is 8.48. The van der Waals surface area contributed by atoms with E-state index in [-0.39, 0.29) is 29.6 Å². The molecule has 0 aliphatic heterocycles. The molecule has 0 heterocycles. The minimum Gasteiger partial charge on any atom is -0.493 e. The molecule has 0 saturated carbocycles. The van der Waals surface area contributed by atoms with Crippen LogP contribution in [-0.2, 0) is 9.53 Å². The number of nitriles is 1. The number of hydrogen-bond donors (Lipinski definition) is 1. The van der Waals surface area contributed by atoms with Gasteiger partial charge in [-0.15, -0.1) is 0 Å². The van der Waals surface area contributed by atoms with Gasteiger partial charge in [-0.1, -0.05) is 13.8 Å². The van der Waals surface area contributed by atoms with Crippen LogP contribution in [0.5, 0.6) is 11.5 Å². The average molecular weight is 393 g/mol. The van der Waals surface area contributed by atoms with E-state index < -0.39 is 34.6 Å². The number of esters is 1. The van der Waals surface area contributed by atoms with E-state index in [4.69, 9.17) is 14.2 Å². The SMILES string of the molecule is CCOc1cc([N+](=O)[O-])c(C(=O)OCC(=O)N[C@@](C)(C#N)C(C)C)cc1OC. The third-order valence-corrected chi connectivity index (χ3v) is 4.12. The number of nitro groups is 1. The zero-order chi connectivity index (χ0) is 21.5. The van der Waals surface area contributed by atoms with Crippen LogP contribution < -0.4 is 14.8 Å². The predicted octanol–water partition coefficient (Wildman–Crippen LogP) is 2.21. The average Bonchev–Trinajstić information content (AvgIpc) is 2.65. The van der Waals surface area contributed by atoms with E-state index in [0.717, 1.165) is 12.1 Å². The van der Waals surface area contributed by atoms with Crippen LogP contribution in [0.4, 0.5) is 5.69 Å². The summed E-state index contributed by atoms with van der Waals surface area (Å²) in [7, 11) is 1.32. The maximum Gasteiger partial charge on any atom is 0.345 e. The number of carbonyl (C=O) groups is 2. The number of nitro benzene ring substituents is 1. The Morgan fingerprint density at radius 3 is 2.46 bits per heavy atom. The van der Waals surface area contributed by atoms with Crippen molar-refractivity contribution in [2.24, 2.45) is 5.92 Å². The summed E-state index contributed by atoms with van der Waals surface area (Å²) in [6.45, 7) is 6.29. The van der Waals surface area contributed by atoms with E-state index >= 15 is 0 Å². The van der Waals surface area contributed by atoms with Crippen molar-refractivity contribution in [1.29, 1.82) is 5.26 Å². The van der Waals surface area contributed by atoms with Crippen LogP contribution in [0.3, 0.4) is 0 Å². The van der Waals surface area contributed by atoms with Crippen molar-refractivity contribution in [3.63, 3.8) is 0 Å². The summed E-state index contributed by atoms with van der Waals surface area (Å²) >= 11 is 0. The van der Waals surface area contributed by atoms with Crippen LogP contribution in [0.2, 0.25) is 0 Å². The monoisotopic (exact) mass is 393 g/mol. The first-order chi connectivity index (χ1) is 13.1. The normalized spacial score (nSPS) is 12.5. The summed E-state index contributed by atoms with van der Waals surface area (Å²) in [5, 5.41) is 23.0. The largest absolute Gasteiger partial charge is 0.493 e. The second-order valence-electron chi connectivity index (χ2n) is 6.30. The topological polar surface area (TPSA) is 141 Å². The lowest BCUT2D eigenvalue weighted by Crippen LogP contribution is -2.50. The lowest BCUT2D eigenvalue weighted by Gasteiger charge is -2.27. The third kappa shape index (κ3) is 5.33. The number of nitrogens with zero attached hydrogens (tertiary/aromatic N) is 2. The number of ether oxygens (including phenoxy) is 3. The predicted molar refractivity (Wildman–Crippen MR) is 98.1 cm³/mol. The Morgan fingerprint density at radius 2 is 2.00 bits per heavy atom. The Balaban J connectivity index is 3.02. The summed E-state index contributed by atoms with van der Waals surface area (Å²) in [6, 6.07) is 4.18. The second kappa shape index (κ2) is 9.55. The Kier molecular flexibility index (Phi) is 7.74. The number of nitrogens with one attached hydrogen (secondary N) is 1. The molecule has 1 amide bonds. The second-order valence-corrected chi connectivity index (χ2v) is 6.30. The molecule has 0 bridgehead atoms. The standard InChI is InChI=1S/C18H23N3O7/c1-6-27-15-8-13(21(24)25)12(7-14(15)26-5)17(23)28-9-16(22)20-18(4,10-19)11(2)3/h7-8,11H,6,9H2,1-5H3,(H,20,22)/t18-/m0/s1. The zero-order valence-corrected chi connectivity index (χ0v) is 16.4. The highest BCUT2D eigenvalue weighted by molar-refractivity contribution is 5.96. The van der Waals surface area contributed by atoms with Crippen molar-refractivity contribution in [2.45, 2.75) is 33.2 Å². The van der Waals surface area contributed by atoms with Crippen molar-refractivity contribution in [1.82, 2.24) is 5.32 Å². The number of amides is 1. The van der Waals surface area contributed by atoms with Gasteiger partial charge in [-0.3, -0.25) is 14.9 Å². The Bertz CT molecular complexity index is 801. The van der Waals surface area contributed by atoms with Gasteiger partial charge in [-0.2, -0.15) is 5.26 Å². The molecule has 1 rings (SSSR count). The molecule has 0 radical (unpaired) electrons. The fraction of sp³-hybridized carbons (Fsp3) is 0.500. The zero-order valence-electron chi connectivity index (χ0n) is 16.4.